The van der Waals surface area contributed by atoms with E-state index in [0.717, 1.165) is 0 Å². The molecule has 1 atom stereocenters. The lowest BCUT2D eigenvalue weighted by Gasteiger charge is -2.04. The van der Waals surface area contributed by atoms with Crippen molar-refractivity contribution in [1.29, 1.82) is 0 Å². The molecule has 0 rings (SSSR count). The zero-order valence-corrected chi connectivity index (χ0v) is 7.10. The summed E-state index contributed by atoms with van der Waals surface area (Å²) in [5.74, 6) is -0.980. The van der Waals surface area contributed by atoms with Crippen LogP contribution in [0, 0.1) is 6.92 Å². The number of primary sulfonamides is 1. The average Bonchev–Trinajstić information content (AvgIpc) is 1.56. The maximum Gasteiger partial charge on any atom is 0.266 e. The minimum Gasteiger partial charge on any atom is -0.286 e. The molecule has 1 unspecified atom stereocenters. The molecule has 8 heteroatoms. The van der Waals surface area contributed by atoms with E-state index in [4.69, 9.17) is 4.55 Å². The molecular formula is C3H8NO5S2. The quantitative estimate of drug-likeness (QED) is 0.533. The van der Waals surface area contributed by atoms with Crippen LogP contribution in [0.15, 0.2) is 0 Å². The van der Waals surface area contributed by atoms with Crippen LogP contribution in [0.5, 0.6) is 0 Å². The van der Waals surface area contributed by atoms with E-state index in [0.29, 0.717) is 0 Å². The molecule has 0 amide bonds. The molecular weight excluding hydrogens is 194 g/mol. The van der Waals surface area contributed by atoms with E-state index in [1.165, 1.54) is 0 Å². The SMILES string of the molecule is [CH2]C(CS(=O)(=O)O)S(N)(=O)=O. The van der Waals surface area contributed by atoms with Gasteiger partial charge in [0, 0.05) is 0 Å². The molecule has 0 heterocycles. The molecule has 3 N–H and O–H groups in total. The number of rotatable bonds is 3. The molecule has 0 saturated heterocycles. The highest BCUT2D eigenvalue weighted by Gasteiger charge is 2.21. The van der Waals surface area contributed by atoms with Crippen LogP contribution in [0.4, 0.5) is 0 Å². The van der Waals surface area contributed by atoms with Crippen molar-refractivity contribution in [2.45, 2.75) is 5.25 Å². The Kier molecular flexibility index (Phi) is 3.00. The van der Waals surface area contributed by atoms with Gasteiger partial charge in [-0.25, -0.2) is 13.6 Å². The van der Waals surface area contributed by atoms with Crippen LogP contribution < -0.4 is 5.14 Å². The lowest BCUT2D eigenvalue weighted by atomic mass is 10.6. The van der Waals surface area contributed by atoms with Gasteiger partial charge in [0.25, 0.3) is 10.1 Å². The van der Waals surface area contributed by atoms with Crippen molar-refractivity contribution in [3.05, 3.63) is 6.92 Å². The average molecular weight is 202 g/mol. The van der Waals surface area contributed by atoms with Gasteiger partial charge in [0.15, 0.2) is 0 Å². The fraction of sp³-hybridized carbons (Fsp3) is 0.667. The van der Waals surface area contributed by atoms with E-state index in [1.807, 2.05) is 0 Å². The normalized spacial score (nSPS) is 16.3. The van der Waals surface area contributed by atoms with Gasteiger partial charge < -0.3 is 0 Å². The standard InChI is InChI=1S/C3H8NO5S2/c1-3(11(4,8)9)2-10(5,6)7/h3H,1-2H2,(H2,4,8,9)(H,5,6,7). The van der Waals surface area contributed by atoms with Crippen molar-refractivity contribution < 1.29 is 21.4 Å². The summed E-state index contributed by atoms with van der Waals surface area (Å²) >= 11 is 0. The third kappa shape index (κ3) is 5.13. The second-order valence-corrected chi connectivity index (χ2v) is 5.30. The largest absolute Gasteiger partial charge is 0.286 e. The summed E-state index contributed by atoms with van der Waals surface area (Å²) in [5.41, 5.74) is 0. The van der Waals surface area contributed by atoms with Gasteiger partial charge in [-0.1, -0.05) is 0 Å². The van der Waals surface area contributed by atoms with E-state index in [9.17, 15) is 16.8 Å². The summed E-state index contributed by atoms with van der Waals surface area (Å²) in [5, 5.41) is 2.99. The Balaban J connectivity index is 4.47. The second kappa shape index (κ2) is 3.05. The molecule has 1 radical (unpaired) electrons. The topological polar surface area (TPSA) is 115 Å². The van der Waals surface area contributed by atoms with E-state index >= 15 is 0 Å². The van der Waals surface area contributed by atoms with Gasteiger partial charge in [-0.3, -0.25) is 4.55 Å². The Morgan fingerprint density at radius 1 is 1.36 bits per heavy atom. The van der Waals surface area contributed by atoms with Crippen molar-refractivity contribution in [2.24, 2.45) is 5.14 Å². The highest BCUT2D eigenvalue weighted by molar-refractivity contribution is 7.92. The van der Waals surface area contributed by atoms with Crippen LogP contribution in [-0.2, 0) is 20.1 Å². The van der Waals surface area contributed by atoms with Gasteiger partial charge >= 0.3 is 0 Å². The van der Waals surface area contributed by atoms with Crippen molar-refractivity contribution in [3.8, 4) is 0 Å². The Bertz CT molecular complexity index is 314. The third-order valence-electron chi connectivity index (χ3n) is 0.861. The molecule has 0 aliphatic rings. The van der Waals surface area contributed by atoms with Crippen molar-refractivity contribution in [1.82, 2.24) is 0 Å². The first-order valence-corrected chi connectivity index (χ1v) is 5.64. The fourth-order valence-electron chi connectivity index (χ4n) is 0.330. The first-order chi connectivity index (χ1) is 4.63. The van der Waals surface area contributed by atoms with Crippen molar-refractivity contribution >= 4 is 20.1 Å². The zero-order valence-electron chi connectivity index (χ0n) is 5.47. The maximum absolute atomic E-state index is 10.3. The second-order valence-electron chi connectivity index (χ2n) is 1.96. The summed E-state index contributed by atoms with van der Waals surface area (Å²) in [6.45, 7) is 2.94. The highest BCUT2D eigenvalue weighted by atomic mass is 32.2. The summed E-state index contributed by atoms with van der Waals surface area (Å²) in [6.07, 6.45) is 0. The molecule has 0 aromatic rings. The number of sulfonamides is 1. The molecule has 0 aromatic heterocycles. The number of hydrogen-bond acceptors (Lipinski definition) is 4. The molecule has 0 aromatic carbocycles. The van der Waals surface area contributed by atoms with Crippen LogP contribution in [0.3, 0.4) is 0 Å². The van der Waals surface area contributed by atoms with Crippen LogP contribution in [-0.4, -0.2) is 32.4 Å². The van der Waals surface area contributed by atoms with Gasteiger partial charge in [0.2, 0.25) is 10.0 Å². The van der Waals surface area contributed by atoms with Crippen LogP contribution in [0.2, 0.25) is 0 Å². The van der Waals surface area contributed by atoms with E-state index in [-0.39, 0.29) is 0 Å². The van der Waals surface area contributed by atoms with Crippen molar-refractivity contribution in [2.75, 3.05) is 5.75 Å². The van der Waals surface area contributed by atoms with E-state index in [1.54, 1.807) is 0 Å². The molecule has 0 aliphatic heterocycles. The number of nitrogens with two attached hydrogens (primary N) is 1. The lowest BCUT2D eigenvalue weighted by molar-refractivity contribution is 0.482. The zero-order chi connectivity index (χ0) is 9.28. The van der Waals surface area contributed by atoms with Gasteiger partial charge in [0.05, 0.1) is 11.0 Å². The summed E-state index contributed by atoms with van der Waals surface area (Å²) in [7, 11) is -8.31. The Labute approximate surface area is 65.2 Å². The fourth-order valence-corrected chi connectivity index (χ4v) is 2.07. The molecule has 0 bridgehead atoms. The molecule has 0 fully saturated rings. The maximum atomic E-state index is 10.3. The van der Waals surface area contributed by atoms with Gasteiger partial charge in [-0.05, 0) is 6.92 Å². The third-order valence-corrected chi connectivity index (χ3v) is 2.99. The van der Waals surface area contributed by atoms with Gasteiger partial charge in [-0.2, -0.15) is 8.42 Å². The van der Waals surface area contributed by atoms with Crippen LogP contribution in [0.1, 0.15) is 0 Å². The predicted octanol–water partition coefficient (Wildman–Crippen LogP) is -1.63. The molecule has 0 spiro atoms. The van der Waals surface area contributed by atoms with E-state index in [2.05, 4.69) is 12.1 Å². The smallest absolute Gasteiger partial charge is 0.266 e. The minimum atomic E-state index is -4.33. The predicted molar refractivity (Wildman–Crippen MR) is 38.7 cm³/mol. The van der Waals surface area contributed by atoms with Gasteiger partial charge in [-0.15, -0.1) is 0 Å². The van der Waals surface area contributed by atoms with Gasteiger partial charge in [0.1, 0.15) is 0 Å². The summed E-state index contributed by atoms with van der Waals surface area (Å²) < 4.78 is 49.0. The molecule has 0 saturated carbocycles. The highest BCUT2D eigenvalue weighted by Crippen LogP contribution is 1.97. The number of hydrogen-bond donors (Lipinski definition) is 2. The van der Waals surface area contributed by atoms with Crippen LogP contribution in [0.25, 0.3) is 0 Å². The summed E-state index contributed by atoms with van der Waals surface area (Å²) in [6, 6.07) is 0. The Hall–Kier alpha value is -0.180. The Morgan fingerprint density at radius 3 is 1.82 bits per heavy atom. The summed E-state index contributed by atoms with van der Waals surface area (Å²) in [4.78, 5) is 0. The minimum absolute atomic E-state index is 0.980. The van der Waals surface area contributed by atoms with Crippen LogP contribution >= 0.6 is 0 Å². The van der Waals surface area contributed by atoms with Crippen molar-refractivity contribution in [3.63, 3.8) is 0 Å². The first-order valence-electron chi connectivity index (χ1n) is 2.43. The molecule has 11 heavy (non-hydrogen) atoms. The first kappa shape index (κ1) is 10.8. The monoisotopic (exact) mass is 202 g/mol. The Morgan fingerprint density at radius 2 is 1.73 bits per heavy atom. The van der Waals surface area contributed by atoms with E-state index < -0.39 is 31.1 Å². The molecule has 0 aliphatic carbocycles. The molecule has 6 nitrogen and oxygen atoms in total. The lowest BCUT2D eigenvalue weighted by Crippen LogP contribution is -2.32. The molecule has 67 valence electrons.